The Hall–Kier alpha value is -0.300. The molecule has 0 amide bonds. The van der Waals surface area contributed by atoms with Crippen molar-refractivity contribution in [1.82, 2.24) is 0 Å². The summed E-state index contributed by atoms with van der Waals surface area (Å²) < 4.78 is 0. The summed E-state index contributed by atoms with van der Waals surface area (Å²) >= 11 is 0. The third-order valence-corrected chi connectivity index (χ3v) is 0.539. The van der Waals surface area contributed by atoms with Crippen molar-refractivity contribution in [2.75, 3.05) is 0 Å². The van der Waals surface area contributed by atoms with Crippen LogP contribution in [-0.4, -0.2) is 10.7 Å². The van der Waals surface area contributed by atoms with Crippen LogP contribution in [0.4, 0.5) is 0 Å². The van der Waals surface area contributed by atoms with Crippen LogP contribution in [0.5, 0.6) is 0 Å². The van der Waals surface area contributed by atoms with Crippen LogP contribution >= 0.6 is 0 Å². The molecule has 0 heterocycles. The maximum Gasteiger partial charge on any atom is 0.239 e. The Morgan fingerprint density at radius 3 is 2.00 bits per heavy atom. The highest BCUT2D eigenvalue weighted by Crippen LogP contribution is 2.02. The molecule has 1 atom stereocenters. The molecule has 0 aliphatic carbocycles. The fourth-order valence-corrected chi connectivity index (χ4v) is 0. The summed E-state index contributed by atoms with van der Waals surface area (Å²) in [4.78, 5) is 0. The lowest BCUT2D eigenvalue weighted by atomic mass is 10.1. The predicted octanol–water partition coefficient (Wildman–Crippen LogP) is 0.796. The maximum absolute atomic E-state index is 8.65. The van der Waals surface area contributed by atoms with E-state index in [1.165, 1.54) is 0 Å². The van der Waals surface area contributed by atoms with Gasteiger partial charge in [-0.2, -0.15) is 0 Å². The first-order valence-electron chi connectivity index (χ1n) is 1.93. The summed E-state index contributed by atoms with van der Waals surface area (Å²) in [5.74, 6) is 0. The molecule has 0 rings (SSSR count). The molecule has 1 nitrogen and oxygen atoms in total. The minimum Gasteiger partial charge on any atom is -0.348 e. The molecule has 0 saturated carbocycles. The molecule has 1 heteroatoms. The molecule has 1 N–H and O–H groups in total. The second-order valence-corrected chi connectivity index (χ2v) is 1.75. The molecule has 6 heavy (non-hydrogen) atoms. The van der Waals surface area contributed by atoms with E-state index in [1.54, 1.807) is 6.92 Å². The van der Waals surface area contributed by atoms with Crippen LogP contribution < -0.4 is 0 Å². The maximum atomic E-state index is 8.65. The zero-order valence-corrected chi connectivity index (χ0v) is 4.07. The van der Waals surface area contributed by atoms with Crippen molar-refractivity contribution in [3.63, 3.8) is 0 Å². The molecule has 0 bridgehead atoms. The van der Waals surface area contributed by atoms with Gasteiger partial charge in [0.15, 0.2) is 6.42 Å². The Kier molecular flexibility index (Phi) is 1.36. The Labute approximate surface area is 39.0 Å². The van der Waals surface area contributed by atoms with E-state index in [2.05, 4.69) is 13.8 Å². The van der Waals surface area contributed by atoms with E-state index in [0.29, 0.717) is 6.42 Å². The van der Waals surface area contributed by atoms with Gasteiger partial charge >= 0.3 is 0 Å². The van der Waals surface area contributed by atoms with Crippen LogP contribution in [-0.2, 0) is 0 Å². The minimum absolute atomic E-state index is 0.465. The largest absolute Gasteiger partial charge is 0.348 e. The van der Waals surface area contributed by atoms with Crippen LogP contribution in [0.15, 0.2) is 0 Å². The average Bonchev–Trinajstić information content (AvgIpc) is 1.35. The van der Waals surface area contributed by atoms with Crippen LogP contribution in [0.3, 0.4) is 0 Å². The van der Waals surface area contributed by atoms with Crippen molar-refractivity contribution >= 4 is 0 Å². The predicted molar refractivity (Wildman–Crippen MR) is 26.0 cm³/mol. The van der Waals surface area contributed by atoms with Gasteiger partial charge in [-0.25, -0.2) is 0 Å². The van der Waals surface area contributed by atoms with Crippen molar-refractivity contribution in [3.05, 3.63) is 13.8 Å². The van der Waals surface area contributed by atoms with Crippen molar-refractivity contribution in [3.8, 4) is 0 Å². The Balaban J connectivity index is 3.17. The summed E-state index contributed by atoms with van der Waals surface area (Å²) in [5, 5.41) is 8.65. The monoisotopic (exact) mass is 86.1 g/mol. The average molecular weight is 86.1 g/mol. The standard InChI is InChI=1S/C5H10O/c1-4-5(2,3)6/h6H,1-2,4H2,3H3/q+2. The van der Waals surface area contributed by atoms with E-state index in [9.17, 15) is 0 Å². The zero-order valence-electron chi connectivity index (χ0n) is 4.07. The van der Waals surface area contributed by atoms with E-state index in [1.807, 2.05) is 0 Å². The summed E-state index contributed by atoms with van der Waals surface area (Å²) in [6.07, 6.45) is 0.465. The molecule has 0 aliphatic rings. The molecule has 1 unspecified atom stereocenters. The topological polar surface area (TPSA) is 20.2 Å². The van der Waals surface area contributed by atoms with E-state index in [-0.39, 0.29) is 0 Å². The summed E-state index contributed by atoms with van der Waals surface area (Å²) in [7, 11) is 0. The Morgan fingerprint density at radius 2 is 2.00 bits per heavy atom. The summed E-state index contributed by atoms with van der Waals surface area (Å²) in [6, 6.07) is 0. The third-order valence-electron chi connectivity index (χ3n) is 0.539. The lowest BCUT2D eigenvalue weighted by Gasteiger charge is -1.97. The molecule has 0 aromatic rings. The van der Waals surface area contributed by atoms with Crippen LogP contribution in [0.25, 0.3) is 0 Å². The highest BCUT2D eigenvalue weighted by molar-refractivity contribution is 4.74. The van der Waals surface area contributed by atoms with E-state index >= 15 is 0 Å². The first-order chi connectivity index (χ1) is 2.56. The quantitative estimate of drug-likeness (QED) is 0.468. The molecular formula is C5H10O+2. The molecule has 0 aromatic heterocycles. The van der Waals surface area contributed by atoms with Gasteiger partial charge in [0.05, 0.1) is 13.8 Å². The second-order valence-electron chi connectivity index (χ2n) is 1.75. The van der Waals surface area contributed by atoms with E-state index in [0.717, 1.165) is 0 Å². The van der Waals surface area contributed by atoms with Gasteiger partial charge in [-0.15, -0.1) is 0 Å². The second kappa shape index (κ2) is 1.43. The SMILES string of the molecule is [CH2+]CC([CH2+])(C)O. The van der Waals surface area contributed by atoms with Crippen LogP contribution in [0, 0.1) is 13.8 Å². The third kappa shape index (κ3) is 3.70. The first kappa shape index (κ1) is 5.70. The molecular weight excluding hydrogens is 76.1 g/mol. The number of rotatable bonds is 1. The van der Waals surface area contributed by atoms with Gasteiger partial charge in [0.1, 0.15) is 0 Å². The van der Waals surface area contributed by atoms with Crippen molar-refractivity contribution < 1.29 is 5.11 Å². The Bertz CT molecular complexity index is 33.7. The van der Waals surface area contributed by atoms with E-state index in [4.69, 9.17) is 5.11 Å². The molecule has 0 aliphatic heterocycles. The van der Waals surface area contributed by atoms with Crippen LogP contribution in [0.2, 0.25) is 0 Å². The van der Waals surface area contributed by atoms with Gasteiger partial charge in [-0.05, 0) is 0 Å². The summed E-state index contributed by atoms with van der Waals surface area (Å²) in [6.45, 7) is 8.45. The molecule has 0 aromatic carbocycles. The van der Waals surface area contributed by atoms with Crippen molar-refractivity contribution in [2.24, 2.45) is 0 Å². The van der Waals surface area contributed by atoms with Crippen molar-refractivity contribution in [1.29, 1.82) is 0 Å². The highest BCUT2D eigenvalue weighted by Gasteiger charge is 2.20. The van der Waals surface area contributed by atoms with Gasteiger partial charge in [-0.3, -0.25) is 0 Å². The number of hydrogen-bond donors (Lipinski definition) is 1. The Morgan fingerprint density at radius 1 is 1.83 bits per heavy atom. The van der Waals surface area contributed by atoms with Gasteiger partial charge in [0.25, 0.3) is 0 Å². The fourth-order valence-electron chi connectivity index (χ4n) is 0. The molecule has 0 saturated heterocycles. The molecule has 0 fully saturated rings. The fraction of sp³-hybridized carbons (Fsp3) is 0.600. The first-order valence-corrected chi connectivity index (χ1v) is 1.93. The normalized spacial score (nSPS) is 19.7. The lowest BCUT2D eigenvalue weighted by Crippen LogP contribution is -2.16. The minimum atomic E-state index is -0.819. The van der Waals surface area contributed by atoms with E-state index < -0.39 is 5.60 Å². The highest BCUT2D eigenvalue weighted by atomic mass is 16.3. The number of hydrogen-bond acceptors (Lipinski definition) is 1. The molecule has 0 radical (unpaired) electrons. The van der Waals surface area contributed by atoms with Gasteiger partial charge in [0.2, 0.25) is 5.60 Å². The molecule has 0 spiro atoms. The number of aliphatic hydroxyl groups is 1. The lowest BCUT2D eigenvalue weighted by molar-refractivity contribution is 0.111. The molecule has 34 valence electrons. The van der Waals surface area contributed by atoms with Gasteiger partial charge in [0, 0.05) is 6.92 Å². The van der Waals surface area contributed by atoms with Gasteiger partial charge in [-0.1, -0.05) is 0 Å². The zero-order chi connectivity index (χ0) is 5.21. The summed E-state index contributed by atoms with van der Waals surface area (Å²) in [5.41, 5.74) is -0.819. The van der Waals surface area contributed by atoms with Crippen LogP contribution in [0.1, 0.15) is 13.3 Å². The van der Waals surface area contributed by atoms with Crippen molar-refractivity contribution in [2.45, 2.75) is 18.9 Å². The smallest absolute Gasteiger partial charge is 0.239 e. The van der Waals surface area contributed by atoms with Gasteiger partial charge < -0.3 is 5.11 Å².